The number of hydrogen-bond acceptors (Lipinski definition) is 3. The standard InChI is InChI=1S/C15H23ClN2O2/c1-10(17)5-6-11-9-12(16)7-8-13(11)18-14(19)20-15(2,3)4/h7-10H,5-6,17H2,1-4H3,(H,18,19)/t10-/m0/s1. The van der Waals surface area contributed by atoms with Crippen molar-refractivity contribution in [3.63, 3.8) is 0 Å². The number of hydrogen-bond donors (Lipinski definition) is 2. The third-order valence-electron chi connectivity index (χ3n) is 2.57. The Morgan fingerprint density at radius 3 is 2.65 bits per heavy atom. The topological polar surface area (TPSA) is 64.3 Å². The fourth-order valence-corrected chi connectivity index (χ4v) is 1.88. The van der Waals surface area contributed by atoms with Crippen LogP contribution in [0.5, 0.6) is 0 Å². The first kappa shape index (κ1) is 16.8. The molecule has 0 radical (unpaired) electrons. The van der Waals surface area contributed by atoms with Gasteiger partial charge in [0.25, 0.3) is 0 Å². The fourth-order valence-electron chi connectivity index (χ4n) is 1.69. The number of carbonyl (C=O) groups is 1. The Kier molecular flexibility index (Phi) is 5.84. The van der Waals surface area contributed by atoms with Crippen LogP contribution in [0.3, 0.4) is 0 Å². The molecule has 0 saturated carbocycles. The van der Waals surface area contributed by atoms with Crippen molar-refractivity contribution in [2.45, 2.75) is 52.2 Å². The first-order chi connectivity index (χ1) is 9.17. The Hall–Kier alpha value is -1.26. The number of amides is 1. The van der Waals surface area contributed by atoms with Gasteiger partial charge in [0.15, 0.2) is 0 Å². The molecule has 1 amide bonds. The van der Waals surface area contributed by atoms with E-state index in [0.29, 0.717) is 10.7 Å². The lowest BCUT2D eigenvalue weighted by atomic mass is 10.0. The summed E-state index contributed by atoms with van der Waals surface area (Å²) in [4.78, 5) is 11.8. The fraction of sp³-hybridized carbons (Fsp3) is 0.533. The summed E-state index contributed by atoms with van der Waals surface area (Å²) in [7, 11) is 0. The minimum absolute atomic E-state index is 0.100. The lowest BCUT2D eigenvalue weighted by Gasteiger charge is -2.20. The molecule has 20 heavy (non-hydrogen) atoms. The second-order valence-corrected chi connectivity index (χ2v) is 6.38. The predicted octanol–water partition coefficient (Wildman–Crippen LogP) is 3.97. The molecule has 0 heterocycles. The number of nitrogens with one attached hydrogen (secondary N) is 1. The highest BCUT2D eigenvalue weighted by Crippen LogP contribution is 2.23. The van der Waals surface area contributed by atoms with Gasteiger partial charge in [-0.15, -0.1) is 0 Å². The summed E-state index contributed by atoms with van der Waals surface area (Å²) >= 11 is 6.00. The second-order valence-electron chi connectivity index (χ2n) is 5.94. The number of aryl methyl sites for hydroxylation is 1. The van der Waals surface area contributed by atoms with E-state index >= 15 is 0 Å². The molecule has 4 nitrogen and oxygen atoms in total. The Balaban J connectivity index is 2.80. The van der Waals surface area contributed by atoms with Gasteiger partial charge >= 0.3 is 6.09 Å². The van der Waals surface area contributed by atoms with Gasteiger partial charge in [-0.25, -0.2) is 4.79 Å². The Morgan fingerprint density at radius 2 is 2.10 bits per heavy atom. The zero-order valence-electron chi connectivity index (χ0n) is 12.5. The Bertz CT molecular complexity index is 467. The largest absolute Gasteiger partial charge is 0.444 e. The summed E-state index contributed by atoms with van der Waals surface area (Å²) in [5.41, 5.74) is 6.91. The third-order valence-corrected chi connectivity index (χ3v) is 2.81. The van der Waals surface area contributed by atoms with Crippen molar-refractivity contribution in [3.05, 3.63) is 28.8 Å². The second kappa shape index (κ2) is 6.95. The predicted molar refractivity (Wildman–Crippen MR) is 83.3 cm³/mol. The van der Waals surface area contributed by atoms with Crippen molar-refractivity contribution >= 4 is 23.4 Å². The van der Waals surface area contributed by atoms with Gasteiger partial charge in [-0.05, 0) is 64.3 Å². The van der Waals surface area contributed by atoms with Crippen LogP contribution in [0.2, 0.25) is 5.02 Å². The normalized spacial score (nSPS) is 12.9. The maximum absolute atomic E-state index is 11.8. The van der Waals surface area contributed by atoms with Crippen molar-refractivity contribution in [2.75, 3.05) is 5.32 Å². The molecule has 0 saturated heterocycles. The first-order valence-corrected chi connectivity index (χ1v) is 7.09. The van der Waals surface area contributed by atoms with E-state index in [1.165, 1.54) is 0 Å². The molecule has 0 aromatic heterocycles. The van der Waals surface area contributed by atoms with Crippen LogP contribution >= 0.6 is 11.6 Å². The van der Waals surface area contributed by atoms with E-state index in [4.69, 9.17) is 22.1 Å². The van der Waals surface area contributed by atoms with Gasteiger partial charge in [0, 0.05) is 16.8 Å². The number of rotatable bonds is 4. The van der Waals surface area contributed by atoms with Crippen LogP contribution in [-0.4, -0.2) is 17.7 Å². The van der Waals surface area contributed by atoms with Gasteiger partial charge in [0.1, 0.15) is 5.60 Å². The summed E-state index contributed by atoms with van der Waals surface area (Å²) in [5.74, 6) is 0. The minimum Gasteiger partial charge on any atom is -0.444 e. The van der Waals surface area contributed by atoms with Crippen LogP contribution in [0.4, 0.5) is 10.5 Å². The highest BCUT2D eigenvalue weighted by Gasteiger charge is 2.17. The van der Waals surface area contributed by atoms with Crippen molar-refractivity contribution in [1.82, 2.24) is 0 Å². The van der Waals surface area contributed by atoms with E-state index in [2.05, 4.69) is 5.32 Å². The van der Waals surface area contributed by atoms with E-state index in [0.717, 1.165) is 18.4 Å². The van der Waals surface area contributed by atoms with E-state index in [9.17, 15) is 4.79 Å². The molecule has 1 aromatic carbocycles. The van der Waals surface area contributed by atoms with E-state index in [1.54, 1.807) is 12.1 Å². The molecule has 1 atom stereocenters. The SMILES string of the molecule is C[C@H](N)CCc1cc(Cl)ccc1NC(=O)OC(C)(C)C. The first-order valence-electron chi connectivity index (χ1n) is 6.71. The average molecular weight is 299 g/mol. The van der Waals surface area contributed by atoms with Crippen LogP contribution in [0.15, 0.2) is 18.2 Å². The molecule has 3 N–H and O–H groups in total. The number of nitrogens with two attached hydrogens (primary N) is 1. The van der Waals surface area contributed by atoms with Crippen molar-refractivity contribution < 1.29 is 9.53 Å². The molecule has 1 aromatic rings. The van der Waals surface area contributed by atoms with Crippen molar-refractivity contribution in [3.8, 4) is 0 Å². The number of halogens is 1. The van der Waals surface area contributed by atoms with Crippen LogP contribution < -0.4 is 11.1 Å². The molecule has 1 rings (SSSR count). The van der Waals surface area contributed by atoms with Gasteiger partial charge in [0.2, 0.25) is 0 Å². The molecular weight excluding hydrogens is 276 g/mol. The maximum atomic E-state index is 11.8. The molecule has 5 heteroatoms. The van der Waals surface area contributed by atoms with E-state index < -0.39 is 11.7 Å². The monoisotopic (exact) mass is 298 g/mol. The summed E-state index contributed by atoms with van der Waals surface area (Å²) < 4.78 is 5.24. The highest BCUT2D eigenvalue weighted by molar-refractivity contribution is 6.30. The quantitative estimate of drug-likeness (QED) is 0.884. The van der Waals surface area contributed by atoms with Gasteiger partial charge in [0.05, 0.1) is 0 Å². The molecule has 0 bridgehead atoms. The smallest absolute Gasteiger partial charge is 0.412 e. The number of ether oxygens (including phenoxy) is 1. The van der Waals surface area contributed by atoms with Gasteiger partial charge in [-0.1, -0.05) is 11.6 Å². The third kappa shape index (κ3) is 6.26. The number of anilines is 1. The highest BCUT2D eigenvalue weighted by atomic mass is 35.5. The minimum atomic E-state index is -0.525. The zero-order valence-corrected chi connectivity index (χ0v) is 13.3. The summed E-state index contributed by atoms with van der Waals surface area (Å²) in [6.45, 7) is 7.42. The lowest BCUT2D eigenvalue weighted by molar-refractivity contribution is 0.0636. The molecular formula is C15H23ClN2O2. The van der Waals surface area contributed by atoms with Gasteiger partial charge < -0.3 is 10.5 Å². The van der Waals surface area contributed by atoms with Crippen LogP contribution in [0.1, 0.15) is 39.7 Å². The maximum Gasteiger partial charge on any atom is 0.412 e. The molecule has 0 aliphatic rings. The molecule has 0 fully saturated rings. The summed E-state index contributed by atoms with van der Waals surface area (Å²) in [5, 5.41) is 3.40. The molecule has 0 spiro atoms. The average Bonchev–Trinajstić information content (AvgIpc) is 2.26. The summed E-state index contributed by atoms with van der Waals surface area (Å²) in [6.07, 6.45) is 1.11. The number of benzene rings is 1. The summed E-state index contributed by atoms with van der Waals surface area (Å²) in [6, 6.07) is 5.46. The van der Waals surface area contributed by atoms with Crippen molar-refractivity contribution in [1.29, 1.82) is 0 Å². The molecule has 0 aliphatic heterocycles. The van der Waals surface area contributed by atoms with E-state index in [-0.39, 0.29) is 6.04 Å². The van der Waals surface area contributed by atoms with Crippen LogP contribution in [0, 0.1) is 0 Å². The van der Waals surface area contributed by atoms with Crippen molar-refractivity contribution in [2.24, 2.45) is 5.73 Å². The Labute approximate surface area is 125 Å². The lowest BCUT2D eigenvalue weighted by Crippen LogP contribution is -2.27. The van der Waals surface area contributed by atoms with Gasteiger partial charge in [-0.2, -0.15) is 0 Å². The Morgan fingerprint density at radius 1 is 1.45 bits per heavy atom. The van der Waals surface area contributed by atoms with Crippen LogP contribution in [0.25, 0.3) is 0 Å². The molecule has 112 valence electrons. The van der Waals surface area contributed by atoms with Gasteiger partial charge in [-0.3, -0.25) is 5.32 Å². The van der Waals surface area contributed by atoms with E-state index in [1.807, 2.05) is 33.8 Å². The zero-order chi connectivity index (χ0) is 15.3. The molecule has 0 aliphatic carbocycles. The van der Waals surface area contributed by atoms with Crippen LogP contribution in [-0.2, 0) is 11.2 Å². The number of carbonyl (C=O) groups excluding carboxylic acids is 1. The molecule has 0 unspecified atom stereocenters.